The first-order valence-corrected chi connectivity index (χ1v) is 9.57. The molecule has 0 spiro atoms. The number of nitrogens with zero attached hydrogens (tertiary/aromatic N) is 4. The lowest BCUT2D eigenvalue weighted by Gasteiger charge is -2.39. The maximum absolute atomic E-state index is 12.6. The maximum Gasteiger partial charge on any atom is 0.266 e. The zero-order valence-electron chi connectivity index (χ0n) is 15.1. The average Bonchev–Trinajstić information content (AvgIpc) is 3.41. The van der Waals surface area contributed by atoms with Crippen molar-refractivity contribution in [2.45, 2.75) is 31.8 Å². The summed E-state index contributed by atoms with van der Waals surface area (Å²) in [5.41, 5.74) is 2.06. The Balaban J connectivity index is 1.20. The van der Waals surface area contributed by atoms with Crippen molar-refractivity contribution in [1.29, 1.82) is 0 Å². The lowest BCUT2D eigenvalue weighted by atomic mass is 10.00. The van der Waals surface area contributed by atoms with E-state index in [1.807, 2.05) is 46.0 Å². The Morgan fingerprint density at radius 3 is 2.70 bits per heavy atom. The van der Waals surface area contributed by atoms with Crippen LogP contribution < -0.4 is 5.56 Å². The molecule has 5 rings (SSSR count). The van der Waals surface area contributed by atoms with Gasteiger partial charge in [0.25, 0.3) is 5.56 Å². The van der Waals surface area contributed by atoms with E-state index in [2.05, 4.69) is 11.2 Å². The van der Waals surface area contributed by atoms with Crippen LogP contribution in [0.4, 0.5) is 0 Å². The number of amides is 1. The Bertz CT molecular complexity index is 1060. The minimum absolute atomic E-state index is 0.0528. The van der Waals surface area contributed by atoms with Gasteiger partial charge in [-0.2, -0.15) is 5.10 Å². The number of rotatable bonds is 5. The molecule has 138 valence electrons. The molecular weight excluding hydrogens is 340 g/mol. The predicted octanol–water partition coefficient (Wildman–Crippen LogP) is 2.23. The highest BCUT2D eigenvalue weighted by Crippen LogP contribution is 2.38. The normalized spacial score (nSPS) is 17.3. The van der Waals surface area contributed by atoms with Crippen LogP contribution in [0.25, 0.3) is 10.9 Å². The summed E-state index contributed by atoms with van der Waals surface area (Å²) in [6, 6.07) is 13.6. The highest BCUT2D eigenvalue weighted by atomic mass is 16.2. The second-order valence-corrected chi connectivity index (χ2v) is 7.72. The summed E-state index contributed by atoms with van der Waals surface area (Å²) in [5.74, 6) is 0.961. The topological polar surface area (TPSA) is 60.1 Å². The summed E-state index contributed by atoms with van der Waals surface area (Å²) in [5, 5.41) is 5.66. The summed E-state index contributed by atoms with van der Waals surface area (Å²) in [4.78, 5) is 26.5. The monoisotopic (exact) mass is 362 g/mol. The number of fused-ring (bicyclic) bond motifs is 1. The minimum Gasteiger partial charge on any atom is -0.340 e. The Labute approximate surface area is 157 Å². The van der Waals surface area contributed by atoms with Gasteiger partial charge in [0.1, 0.15) is 6.54 Å². The van der Waals surface area contributed by atoms with Gasteiger partial charge in [0.05, 0.1) is 12.2 Å². The Hall–Kier alpha value is -2.89. The van der Waals surface area contributed by atoms with Crippen LogP contribution in [0, 0.1) is 5.92 Å². The average molecular weight is 362 g/mol. The summed E-state index contributed by atoms with van der Waals surface area (Å²) in [6.45, 7) is 2.34. The number of hydrogen-bond donors (Lipinski definition) is 0. The van der Waals surface area contributed by atoms with E-state index in [4.69, 9.17) is 0 Å². The number of carbonyl (C=O) groups is 1. The minimum atomic E-state index is -0.0528. The van der Waals surface area contributed by atoms with Gasteiger partial charge in [-0.15, -0.1) is 0 Å². The van der Waals surface area contributed by atoms with Crippen LogP contribution in [-0.2, 0) is 17.9 Å². The Morgan fingerprint density at radius 1 is 1.07 bits per heavy atom. The molecule has 1 aromatic carbocycles. The fraction of sp³-hybridized carbons (Fsp3) is 0.381. The van der Waals surface area contributed by atoms with Crippen molar-refractivity contribution < 1.29 is 4.79 Å². The van der Waals surface area contributed by atoms with E-state index in [9.17, 15) is 9.59 Å². The Kier molecular flexibility index (Phi) is 3.85. The van der Waals surface area contributed by atoms with E-state index < -0.39 is 0 Å². The molecule has 3 aromatic rings. The van der Waals surface area contributed by atoms with Crippen molar-refractivity contribution in [3.8, 4) is 0 Å². The highest BCUT2D eigenvalue weighted by molar-refractivity contribution is 5.83. The molecule has 1 amide bonds. The van der Waals surface area contributed by atoms with E-state index in [0.29, 0.717) is 38.0 Å². The first kappa shape index (κ1) is 16.3. The smallest absolute Gasteiger partial charge is 0.266 e. The van der Waals surface area contributed by atoms with Gasteiger partial charge in [0.2, 0.25) is 5.91 Å². The van der Waals surface area contributed by atoms with E-state index in [0.717, 1.165) is 16.6 Å². The van der Waals surface area contributed by atoms with E-state index in [1.165, 1.54) is 12.8 Å². The standard InChI is InChI=1S/C21H22N4O2/c26-20-8-7-18(16-5-6-16)22-25(20)13-15-11-24(12-15)21(27)14-23-10-9-17-3-1-2-4-19(17)23/h1-4,7-10,15-16H,5-6,11-14H2. The van der Waals surface area contributed by atoms with Gasteiger partial charge in [-0.05, 0) is 36.4 Å². The van der Waals surface area contributed by atoms with Gasteiger partial charge >= 0.3 is 0 Å². The van der Waals surface area contributed by atoms with Gasteiger partial charge in [-0.25, -0.2) is 4.68 Å². The third-order valence-electron chi connectivity index (χ3n) is 5.61. The summed E-state index contributed by atoms with van der Waals surface area (Å²) < 4.78 is 3.58. The van der Waals surface area contributed by atoms with Gasteiger partial charge < -0.3 is 9.47 Å². The molecule has 1 aliphatic carbocycles. The zero-order valence-corrected chi connectivity index (χ0v) is 15.1. The SMILES string of the molecule is O=C(Cn1ccc2ccccc21)N1CC(Cn2nc(C3CC3)ccc2=O)C1. The number of hydrogen-bond acceptors (Lipinski definition) is 3. The fourth-order valence-corrected chi connectivity index (χ4v) is 3.85. The molecule has 0 unspecified atom stereocenters. The van der Waals surface area contributed by atoms with Crippen LogP contribution in [0.15, 0.2) is 53.5 Å². The molecule has 2 aliphatic rings. The Morgan fingerprint density at radius 2 is 1.89 bits per heavy atom. The van der Waals surface area contributed by atoms with Gasteiger partial charge in [0.15, 0.2) is 0 Å². The van der Waals surface area contributed by atoms with Crippen molar-refractivity contribution in [2.24, 2.45) is 5.92 Å². The van der Waals surface area contributed by atoms with Crippen molar-refractivity contribution in [1.82, 2.24) is 19.2 Å². The second kappa shape index (κ2) is 6.37. The molecule has 0 radical (unpaired) electrons. The van der Waals surface area contributed by atoms with E-state index >= 15 is 0 Å². The van der Waals surface area contributed by atoms with Crippen LogP contribution in [-0.4, -0.2) is 38.2 Å². The highest BCUT2D eigenvalue weighted by Gasteiger charge is 2.32. The van der Waals surface area contributed by atoms with Crippen molar-refractivity contribution in [3.05, 3.63) is 64.7 Å². The van der Waals surface area contributed by atoms with Crippen molar-refractivity contribution in [3.63, 3.8) is 0 Å². The number of benzene rings is 1. The maximum atomic E-state index is 12.6. The van der Waals surface area contributed by atoms with Crippen LogP contribution in [0.1, 0.15) is 24.5 Å². The van der Waals surface area contributed by atoms with Gasteiger partial charge in [0, 0.05) is 42.7 Å². The molecule has 3 heterocycles. The first-order chi connectivity index (χ1) is 13.2. The molecule has 2 fully saturated rings. The van der Waals surface area contributed by atoms with E-state index in [-0.39, 0.29) is 11.5 Å². The van der Waals surface area contributed by atoms with Crippen molar-refractivity contribution >= 4 is 16.8 Å². The first-order valence-electron chi connectivity index (χ1n) is 9.57. The second-order valence-electron chi connectivity index (χ2n) is 7.72. The number of para-hydroxylation sites is 1. The molecule has 0 bridgehead atoms. The van der Waals surface area contributed by atoms with Crippen LogP contribution in [0.3, 0.4) is 0 Å². The summed E-state index contributed by atoms with van der Waals surface area (Å²) >= 11 is 0. The zero-order chi connectivity index (χ0) is 18.4. The van der Waals surface area contributed by atoms with Crippen molar-refractivity contribution in [2.75, 3.05) is 13.1 Å². The molecule has 1 aliphatic heterocycles. The number of aromatic nitrogens is 3. The quantitative estimate of drug-likeness (QED) is 0.699. The summed E-state index contributed by atoms with van der Waals surface area (Å²) in [6.07, 6.45) is 4.31. The van der Waals surface area contributed by atoms with Crippen LogP contribution >= 0.6 is 0 Å². The molecule has 27 heavy (non-hydrogen) atoms. The molecule has 0 atom stereocenters. The van der Waals surface area contributed by atoms with Crippen LogP contribution in [0.5, 0.6) is 0 Å². The van der Waals surface area contributed by atoms with E-state index in [1.54, 1.807) is 10.7 Å². The van der Waals surface area contributed by atoms with Crippen LogP contribution in [0.2, 0.25) is 0 Å². The third-order valence-corrected chi connectivity index (χ3v) is 5.61. The molecule has 1 saturated carbocycles. The van der Waals surface area contributed by atoms with Gasteiger partial charge in [-0.3, -0.25) is 9.59 Å². The lowest BCUT2D eigenvalue weighted by molar-refractivity contribution is -0.138. The lowest BCUT2D eigenvalue weighted by Crippen LogP contribution is -2.53. The molecule has 6 heteroatoms. The summed E-state index contributed by atoms with van der Waals surface area (Å²) in [7, 11) is 0. The number of carbonyl (C=O) groups excluding carboxylic acids is 1. The molecular formula is C21H22N4O2. The third kappa shape index (κ3) is 3.16. The largest absolute Gasteiger partial charge is 0.340 e. The molecule has 6 nitrogen and oxygen atoms in total. The van der Waals surface area contributed by atoms with Gasteiger partial charge in [-0.1, -0.05) is 18.2 Å². The number of likely N-dealkylation sites (tertiary alicyclic amines) is 1. The fourth-order valence-electron chi connectivity index (χ4n) is 3.85. The molecule has 2 aromatic heterocycles. The molecule has 0 N–H and O–H groups in total. The predicted molar refractivity (Wildman–Crippen MR) is 102 cm³/mol. The molecule has 1 saturated heterocycles.